The van der Waals surface area contributed by atoms with Crippen molar-refractivity contribution in [1.29, 1.82) is 5.26 Å². The van der Waals surface area contributed by atoms with Crippen molar-refractivity contribution in [1.82, 2.24) is 4.90 Å². The fraction of sp³-hybridized carbons (Fsp3) is 0.263. The van der Waals surface area contributed by atoms with Gasteiger partial charge in [0.05, 0.1) is 27.7 Å². The minimum atomic E-state index is -4.64. The van der Waals surface area contributed by atoms with E-state index in [2.05, 4.69) is 0 Å². The van der Waals surface area contributed by atoms with Crippen LogP contribution in [0.2, 0.25) is 0 Å². The summed E-state index contributed by atoms with van der Waals surface area (Å²) in [7, 11) is 0. The van der Waals surface area contributed by atoms with Crippen molar-refractivity contribution in [3.63, 3.8) is 0 Å². The molecule has 1 aliphatic heterocycles. The number of amides is 1. The zero-order chi connectivity index (χ0) is 21.2. The molecule has 1 fully saturated rings. The van der Waals surface area contributed by atoms with Crippen molar-refractivity contribution in [2.75, 3.05) is 31.1 Å². The first kappa shape index (κ1) is 20.1. The Morgan fingerprint density at radius 2 is 1.76 bits per heavy atom. The molecule has 7 nitrogen and oxygen atoms in total. The van der Waals surface area contributed by atoms with Crippen LogP contribution in [0.4, 0.5) is 24.5 Å². The molecule has 1 saturated heterocycles. The number of nitrogens with zero attached hydrogens (tertiary/aromatic N) is 4. The van der Waals surface area contributed by atoms with E-state index in [-0.39, 0.29) is 37.4 Å². The molecule has 3 rings (SSSR count). The summed E-state index contributed by atoms with van der Waals surface area (Å²) < 4.78 is 39.5. The molecule has 0 bridgehead atoms. The summed E-state index contributed by atoms with van der Waals surface area (Å²) in [4.78, 5) is 26.3. The van der Waals surface area contributed by atoms with Gasteiger partial charge in [-0.1, -0.05) is 12.1 Å². The average molecular weight is 404 g/mol. The molecule has 150 valence electrons. The van der Waals surface area contributed by atoms with E-state index in [1.54, 1.807) is 4.90 Å². The lowest BCUT2D eigenvalue weighted by molar-refractivity contribution is -0.384. The van der Waals surface area contributed by atoms with Crippen molar-refractivity contribution in [2.45, 2.75) is 6.18 Å². The lowest BCUT2D eigenvalue weighted by Gasteiger charge is -2.36. The molecule has 0 N–H and O–H groups in total. The van der Waals surface area contributed by atoms with Gasteiger partial charge in [0.15, 0.2) is 0 Å². The summed E-state index contributed by atoms with van der Waals surface area (Å²) in [6.07, 6.45) is -4.64. The van der Waals surface area contributed by atoms with Crippen LogP contribution in [0, 0.1) is 21.4 Å². The van der Waals surface area contributed by atoms with E-state index < -0.39 is 28.1 Å². The first-order chi connectivity index (χ1) is 13.7. The molecule has 29 heavy (non-hydrogen) atoms. The van der Waals surface area contributed by atoms with Gasteiger partial charge in [0.1, 0.15) is 5.69 Å². The topological polar surface area (TPSA) is 90.5 Å². The molecular formula is C19H15F3N4O3. The van der Waals surface area contributed by atoms with Gasteiger partial charge in [0, 0.05) is 32.2 Å². The molecule has 1 aliphatic rings. The molecule has 0 atom stereocenters. The zero-order valence-corrected chi connectivity index (χ0v) is 15.0. The number of hydrogen-bond donors (Lipinski definition) is 0. The molecule has 0 spiro atoms. The number of nitro groups is 1. The lowest BCUT2D eigenvalue weighted by atomic mass is 10.1. The minimum Gasteiger partial charge on any atom is -0.362 e. The number of carbonyl (C=O) groups excluding carboxylic acids is 1. The molecule has 0 saturated carbocycles. The van der Waals surface area contributed by atoms with E-state index in [4.69, 9.17) is 5.26 Å². The van der Waals surface area contributed by atoms with Gasteiger partial charge < -0.3 is 9.80 Å². The SMILES string of the molecule is N#Cc1ccc(N2CCN(C(=O)c3ccccc3C(F)(F)F)CC2)c([N+](=O)[O-])c1. The van der Waals surface area contributed by atoms with E-state index in [0.717, 1.165) is 12.1 Å². The maximum Gasteiger partial charge on any atom is 0.417 e. The van der Waals surface area contributed by atoms with E-state index in [1.165, 1.54) is 35.2 Å². The van der Waals surface area contributed by atoms with Crippen LogP contribution in [0.5, 0.6) is 0 Å². The largest absolute Gasteiger partial charge is 0.417 e. The van der Waals surface area contributed by atoms with Crippen LogP contribution in [-0.2, 0) is 6.18 Å². The highest BCUT2D eigenvalue weighted by molar-refractivity contribution is 5.96. The Balaban J connectivity index is 1.78. The maximum absolute atomic E-state index is 13.2. The standard InChI is InChI=1S/C19H15F3N4O3/c20-19(21,22)15-4-2-1-3-14(15)18(27)25-9-7-24(8-10-25)16-6-5-13(12-23)11-17(16)26(28)29/h1-6,11H,7-10H2. The lowest BCUT2D eigenvalue weighted by Crippen LogP contribution is -2.49. The van der Waals surface area contributed by atoms with Crippen LogP contribution in [0.25, 0.3) is 0 Å². The number of nitriles is 1. The van der Waals surface area contributed by atoms with E-state index in [0.29, 0.717) is 5.69 Å². The molecule has 2 aromatic rings. The summed E-state index contributed by atoms with van der Waals surface area (Å²) in [5, 5.41) is 20.2. The van der Waals surface area contributed by atoms with Crippen molar-refractivity contribution < 1.29 is 22.9 Å². The van der Waals surface area contributed by atoms with Crippen molar-refractivity contribution >= 4 is 17.3 Å². The molecular weight excluding hydrogens is 389 g/mol. The summed E-state index contributed by atoms with van der Waals surface area (Å²) in [5.74, 6) is -0.730. The fourth-order valence-electron chi connectivity index (χ4n) is 3.24. The second kappa shape index (κ2) is 7.79. The van der Waals surface area contributed by atoms with Crippen LogP contribution in [0.1, 0.15) is 21.5 Å². The minimum absolute atomic E-state index is 0.113. The smallest absolute Gasteiger partial charge is 0.362 e. The van der Waals surface area contributed by atoms with E-state index >= 15 is 0 Å². The third kappa shape index (κ3) is 4.13. The Hall–Kier alpha value is -3.61. The number of benzene rings is 2. The fourth-order valence-corrected chi connectivity index (χ4v) is 3.24. The van der Waals surface area contributed by atoms with Crippen molar-refractivity contribution in [3.05, 3.63) is 69.3 Å². The van der Waals surface area contributed by atoms with Crippen LogP contribution in [0.15, 0.2) is 42.5 Å². The van der Waals surface area contributed by atoms with Gasteiger partial charge in [-0.15, -0.1) is 0 Å². The first-order valence-electron chi connectivity index (χ1n) is 8.61. The Bertz CT molecular complexity index is 993. The number of alkyl halides is 3. The normalized spacial score (nSPS) is 14.4. The van der Waals surface area contributed by atoms with Crippen molar-refractivity contribution in [2.24, 2.45) is 0 Å². The number of piperazine rings is 1. The Labute approximate surface area is 163 Å². The predicted octanol–water partition coefficient (Wildman–Crippen LogP) is 3.45. The van der Waals surface area contributed by atoms with Crippen LogP contribution >= 0.6 is 0 Å². The van der Waals surface area contributed by atoms with Gasteiger partial charge in [0.25, 0.3) is 11.6 Å². The van der Waals surface area contributed by atoms with Crippen molar-refractivity contribution in [3.8, 4) is 6.07 Å². The van der Waals surface area contributed by atoms with Gasteiger partial charge >= 0.3 is 6.18 Å². The molecule has 0 unspecified atom stereocenters. The molecule has 0 radical (unpaired) electrons. The van der Waals surface area contributed by atoms with Gasteiger partial charge in [-0.25, -0.2) is 0 Å². The third-order valence-electron chi connectivity index (χ3n) is 4.67. The Morgan fingerprint density at radius 1 is 1.10 bits per heavy atom. The number of carbonyl (C=O) groups is 1. The first-order valence-corrected chi connectivity index (χ1v) is 8.61. The van der Waals surface area contributed by atoms with E-state index in [1.807, 2.05) is 6.07 Å². The Kier molecular flexibility index (Phi) is 5.41. The average Bonchev–Trinajstić information content (AvgIpc) is 2.72. The highest BCUT2D eigenvalue weighted by Crippen LogP contribution is 2.33. The molecule has 1 amide bonds. The van der Waals surface area contributed by atoms with Gasteiger partial charge in [-0.2, -0.15) is 18.4 Å². The molecule has 1 heterocycles. The van der Waals surface area contributed by atoms with Crippen LogP contribution in [0.3, 0.4) is 0 Å². The second-order valence-corrected chi connectivity index (χ2v) is 6.39. The monoisotopic (exact) mass is 404 g/mol. The van der Waals surface area contributed by atoms with Crippen LogP contribution < -0.4 is 4.90 Å². The summed E-state index contributed by atoms with van der Waals surface area (Å²) in [5.41, 5.74) is -1.19. The number of hydrogen-bond acceptors (Lipinski definition) is 5. The maximum atomic E-state index is 13.2. The summed E-state index contributed by atoms with van der Waals surface area (Å²) in [6.45, 7) is 0.656. The predicted molar refractivity (Wildman–Crippen MR) is 97.4 cm³/mol. The third-order valence-corrected chi connectivity index (χ3v) is 4.67. The number of anilines is 1. The van der Waals surface area contributed by atoms with Crippen LogP contribution in [-0.4, -0.2) is 41.9 Å². The molecule has 0 aromatic heterocycles. The second-order valence-electron chi connectivity index (χ2n) is 6.39. The molecule has 2 aromatic carbocycles. The quantitative estimate of drug-likeness (QED) is 0.577. The highest BCUT2D eigenvalue weighted by atomic mass is 19.4. The van der Waals surface area contributed by atoms with Gasteiger partial charge in [-0.3, -0.25) is 14.9 Å². The summed E-state index contributed by atoms with van der Waals surface area (Å²) in [6, 6.07) is 10.5. The van der Waals surface area contributed by atoms with E-state index in [9.17, 15) is 28.1 Å². The molecule has 10 heteroatoms. The number of rotatable bonds is 3. The number of nitro benzene ring substituents is 1. The zero-order valence-electron chi connectivity index (χ0n) is 15.0. The van der Waals surface area contributed by atoms with Gasteiger partial charge in [0.2, 0.25) is 0 Å². The summed E-state index contributed by atoms with van der Waals surface area (Å²) >= 11 is 0. The highest BCUT2D eigenvalue weighted by Gasteiger charge is 2.36. The molecule has 0 aliphatic carbocycles. The Morgan fingerprint density at radius 3 is 2.34 bits per heavy atom. The number of halogens is 3. The van der Waals surface area contributed by atoms with Gasteiger partial charge in [-0.05, 0) is 24.3 Å².